The third-order valence-electron chi connectivity index (χ3n) is 6.62. The highest BCUT2D eigenvalue weighted by Crippen LogP contribution is 2.47. The van der Waals surface area contributed by atoms with Crippen molar-refractivity contribution in [2.75, 3.05) is 26.2 Å². The van der Waals surface area contributed by atoms with E-state index in [1.165, 1.54) is 18.6 Å². The van der Waals surface area contributed by atoms with Crippen LogP contribution in [0.3, 0.4) is 0 Å². The van der Waals surface area contributed by atoms with Crippen molar-refractivity contribution in [1.82, 2.24) is 15.1 Å². The van der Waals surface area contributed by atoms with Crippen molar-refractivity contribution in [1.29, 1.82) is 0 Å². The number of hydrogen-bond acceptors (Lipinski definition) is 3. The predicted molar refractivity (Wildman–Crippen MR) is 95.5 cm³/mol. The highest BCUT2D eigenvalue weighted by Gasteiger charge is 2.55. The summed E-state index contributed by atoms with van der Waals surface area (Å²) in [6.45, 7) is 5.69. The Hall–Kier alpha value is -1.53. The smallest absolute Gasteiger partial charge is 0.230 e. The summed E-state index contributed by atoms with van der Waals surface area (Å²) in [5, 5.41) is 3.62. The maximum Gasteiger partial charge on any atom is 0.230 e. The molecule has 142 valence electrons. The Morgan fingerprint density at radius 1 is 1.19 bits per heavy atom. The summed E-state index contributed by atoms with van der Waals surface area (Å²) in [4.78, 5) is 17.5. The number of nitrogens with one attached hydrogen (secondary N) is 1. The minimum Gasteiger partial charge on any atom is -0.340 e. The molecule has 1 aromatic carbocycles. The Balaban J connectivity index is 1.36. The molecule has 0 radical (unpaired) electrons. The molecule has 1 amide bonds. The molecule has 6 heteroatoms. The summed E-state index contributed by atoms with van der Waals surface area (Å²) < 4.78 is 26.4. The van der Waals surface area contributed by atoms with E-state index < -0.39 is 11.6 Å². The normalized spacial score (nSPS) is 31.6. The summed E-state index contributed by atoms with van der Waals surface area (Å²) in [5.41, 5.74) is 0.552. The molecule has 3 aliphatic rings. The van der Waals surface area contributed by atoms with Crippen LogP contribution in [-0.4, -0.2) is 54.0 Å². The summed E-state index contributed by atoms with van der Waals surface area (Å²) >= 11 is 0. The maximum atomic E-state index is 13.4. The van der Waals surface area contributed by atoms with E-state index in [9.17, 15) is 13.6 Å². The summed E-state index contributed by atoms with van der Waals surface area (Å²) in [5.74, 6) is -1.30. The summed E-state index contributed by atoms with van der Waals surface area (Å²) in [6, 6.07) is 4.92. The van der Waals surface area contributed by atoms with Gasteiger partial charge >= 0.3 is 0 Å². The van der Waals surface area contributed by atoms with Gasteiger partial charge in [0.15, 0.2) is 11.6 Å². The zero-order chi connectivity index (χ0) is 18.3. The number of piperazine rings is 1. The zero-order valence-corrected chi connectivity index (χ0v) is 15.3. The van der Waals surface area contributed by atoms with E-state index in [0.29, 0.717) is 37.6 Å². The Labute approximate surface area is 153 Å². The van der Waals surface area contributed by atoms with Crippen LogP contribution in [0.25, 0.3) is 0 Å². The van der Waals surface area contributed by atoms with Crippen LogP contribution in [-0.2, 0) is 11.3 Å². The number of halogens is 2. The van der Waals surface area contributed by atoms with Crippen molar-refractivity contribution in [3.63, 3.8) is 0 Å². The SMILES string of the molecule is CC[C@@]1(C(=O)N2CCN(Cc3ccc(F)c(F)c3)CC2)C[C@@H]2CC[C@H]1N2. The van der Waals surface area contributed by atoms with Crippen molar-refractivity contribution in [3.8, 4) is 0 Å². The molecule has 0 unspecified atom stereocenters. The van der Waals surface area contributed by atoms with Crippen molar-refractivity contribution in [3.05, 3.63) is 35.4 Å². The molecule has 0 spiro atoms. The Morgan fingerprint density at radius 3 is 2.54 bits per heavy atom. The first kappa shape index (κ1) is 17.9. The zero-order valence-electron chi connectivity index (χ0n) is 15.3. The number of amides is 1. The average molecular weight is 363 g/mol. The Kier molecular flexibility index (Phi) is 4.73. The topological polar surface area (TPSA) is 35.6 Å². The largest absolute Gasteiger partial charge is 0.340 e. The van der Waals surface area contributed by atoms with Gasteiger partial charge in [-0.25, -0.2) is 8.78 Å². The molecule has 4 rings (SSSR count). The molecule has 1 aromatic rings. The molecule has 3 heterocycles. The molecule has 0 saturated carbocycles. The lowest BCUT2D eigenvalue weighted by Crippen LogP contribution is -2.55. The summed E-state index contributed by atoms with van der Waals surface area (Å²) in [6.07, 6.45) is 4.18. The first-order valence-electron chi connectivity index (χ1n) is 9.73. The first-order chi connectivity index (χ1) is 12.5. The van der Waals surface area contributed by atoms with Gasteiger partial charge in [0.05, 0.1) is 5.41 Å². The van der Waals surface area contributed by atoms with E-state index in [1.807, 2.05) is 4.90 Å². The number of carbonyl (C=O) groups excluding carboxylic acids is 1. The maximum absolute atomic E-state index is 13.4. The van der Waals surface area contributed by atoms with Gasteiger partial charge in [-0.05, 0) is 43.4 Å². The molecule has 1 N–H and O–H groups in total. The Morgan fingerprint density at radius 2 is 1.96 bits per heavy atom. The van der Waals surface area contributed by atoms with Crippen LogP contribution in [0.5, 0.6) is 0 Å². The average Bonchev–Trinajstić information content (AvgIpc) is 3.26. The van der Waals surface area contributed by atoms with Crippen LogP contribution < -0.4 is 5.32 Å². The fraction of sp³-hybridized carbons (Fsp3) is 0.650. The molecule has 4 nitrogen and oxygen atoms in total. The number of hydrogen-bond donors (Lipinski definition) is 1. The number of benzene rings is 1. The third kappa shape index (κ3) is 3.03. The fourth-order valence-corrected chi connectivity index (χ4v) is 5.10. The lowest BCUT2D eigenvalue weighted by atomic mass is 9.70. The van der Waals surface area contributed by atoms with Crippen LogP contribution >= 0.6 is 0 Å². The van der Waals surface area contributed by atoms with Gasteiger partial charge in [-0.3, -0.25) is 9.69 Å². The van der Waals surface area contributed by atoms with Crippen LogP contribution in [0.2, 0.25) is 0 Å². The van der Waals surface area contributed by atoms with Crippen LogP contribution in [0.15, 0.2) is 18.2 Å². The van der Waals surface area contributed by atoms with Crippen molar-refractivity contribution >= 4 is 5.91 Å². The standard InChI is InChI=1S/C20H27F2N3O/c1-2-20(12-15-4-6-18(20)23-15)19(26)25-9-7-24(8-10-25)13-14-3-5-16(21)17(22)11-14/h3,5,11,15,18,23H,2,4,6-10,12-13H2,1H3/t15-,18+,20+/m0/s1. The van der Waals surface area contributed by atoms with Crippen LogP contribution in [0.4, 0.5) is 8.78 Å². The van der Waals surface area contributed by atoms with Gasteiger partial charge in [0.2, 0.25) is 5.91 Å². The van der Waals surface area contributed by atoms with E-state index in [4.69, 9.17) is 0 Å². The number of nitrogens with zero attached hydrogens (tertiary/aromatic N) is 2. The van der Waals surface area contributed by atoms with E-state index in [0.717, 1.165) is 37.9 Å². The highest BCUT2D eigenvalue weighted by atomic mass is 19.2. The van der Waals surface area contributed by atoms with Crippen molar-refractivity contribution < 1.29 is 13.6 Å². The molecule has 0 aromatic heterocycles. The van der Waals surface area contributed by atoms with Crippen molar-refractivity contribution in [2.45, 2.75) is 51.2 Å². The minimum atomic E-state index is -0.812. The van der Waals surface area contributed by atoms with Gasteiger partial charge < -0.3 is 10.2 Å². The molecule has 0 aliphatic carbocycles. The van der Waals surface area contributed by atoms with E-state index in [1.54, 1.807) is 6.07 Å². The van der Waals surface area contributed by atoms with Gasteiger partial charge in [0.1, 0.15) is 0 Å². The third-order valence-corrected chi connectivity index (χ3v) is 6.62. The fourth-order valence-electron chi connectivity index (χ4n) is 5.10. The quantitative estimate of drug-likeness (QED) is 0.893. The molecular weight excluding hydrogens is 336 g/mol. The van der Waals surface area contributed by atoms with Gasteiger partial charge in [-0.2, -0.15) is 0 Å². The molecule has 3 saturated heterocycles. The van der Waals surface area contributed by atoms with Gasteiger partial charge in [0.25, 0.3) is 0 Å². The van der Waals surface area contributed by atoms with Gasteiger partial charge in [-0.1, -0.05) is 13.0 Å². The number of carbonyl (C=O) groups is 1. The van der Waals surface area contributed by atoms with Crippen molar-refractivity contribution in [2.24, 2.45) is 5.41 Å². The van der Waals surface area contributed by atoms with Crippen LogP contribution in [0, 0.1) is 17.0 Å². The number of rotatable bonds is 4. The minimum absolute atomic E-state index is 0.217. The van der Waals surface area contributed by atoms with Gasteiger partial charge in [0, 0.05) is 44.8 Å². The summed E-state index contributed by atoms with van der Waals surface area (Å²) in [7, 11) is 0. The molecular formula is C20H27F2N3O. The molecule has 2 bridgehead atoms. The van der Waals surface area contributed by atoms with E-state index in [-0.39, 0.29) is 5.41 Å². The second-order valence-corrected chi connectivity index (χ2v) is 8.02. The highest BCUT2D eigenvalue weighted by molar-refractivity contribution is 5.84. The number of fused-ring (bicyclic) bond motifs is 2. The Bertz CT molecular complexity index is 690. The van der Waals surface area contributed by atoms with E-state index >= 15 is 0 Å². The first-order valence-corrected chi connectivity index (χ1v) is 9.73. The monoisotopic (exact) mass is 363 g/mol. The second kappa shape index (κ2) is 6.89. The second-order valence-electron chi connectivity index (χ2n) is 8.02. The lowest BCUT2D eigenvalue weighted by Gasteiger charge is -2.42. The molecule has 3 fully saturated rings. The van der Waals surface area contributed by atoms with Gasteiger partial charge in [-0.15, -0.1) is 0 Å². The lowest BCUT2D eigenvalue weighted by molar-refractivity contribution is -0.145. The predicted octanol–water partition coefficient (Wildman–Crippen LogP) is 2.53. The molecule has 3 atom stereocenters. The van der Waals surface area contributed by atoms with E-state index in [2.05, 4.69) is 17.1 Å². The van der Waals surface area contributed by atoms with Crippen LogP contribution in [0.1, 0.15) is 38.2 Å². The molecule has 3 aliphatic heterocycles. The molecule has 26 heavy (non-hydrogen) atoms.